The van der Waals surface area contributed by atoms with E-state index in [1.54, 1.807) is 31.6 Å². The van der Waals surface area contributed by atoms with Crippen LogP contribution in [0.4, 0.5) is 5.13 Å². The van der Waals surface area contributed by atoms with Crippen molar-refractivity contribution in [3.8, 4) is 11.5 Å². The Morgan fingerprint density at radius 1 is 1.24 bits per heavy atom. The van der Waals surface area contributed by atoms with Gasteiger partial charge in [0, 0.05) is 12.1 Å². The lowest BCUT2D eigenvalue weighted by Gasteiger charge is -2.22. The molecule has 1 N–H and O–H groups in total. The third-order valence-corrected chi connectivity index (χ3v) is 5.17. The van der Waals surface area contributed by atoms with E-state index in [1.807, 2.05) is 0 Å². The largest absolute Gasteiger partial charge is 0.493 e. The Bertz CT molecular complexity index is 638. The highest BCUT2D eigenvalue weighted by Gasteiger charge is 2.19. The molecular formula is C15H19ClN2O2S. The van der Waals surface area contributed by atoms with Gasteiger partial charge in [0.15, 0.2) is 16.6 Å². The number of nitrogens with one attached hydrogen (secondary N) is 1. The van der Waals surface area contributed by atoms with Crippen molar-refractivity contribution in [1.29, 1.82) is 0 Å². The van der Waals surface area contributed by atoms with Crippen LogP contribution in [0.2, 0.25) is 5.02 Å². The molecule has 3 rings (SSSR count). The molecule has 0 aliphatic heterocycles. The Morgan fingerprint density at radius 2 is 2.00 bits per heavy atom. The quantitative estimate of drug-likeness (QED) is 0.883. The molecule has 0 radical (unpaired) electrons. The predicted octanol–water partition coefficient (Wildman–Crippen LogP) is 4.71. The van der Waals surface area contributed by atoms with Crippen LogP contribution in [0.25, 0.3) is 10.2 Å². The fraction of sp³-hybridized carbons (Fsp3) is 0.533. The molecule has 114 valence electrons. The van der Waals surface area contributed by atoms with Gasteiger partial charge in [-0.25, -0.2) is 4.98 Å². The molecule has 0 bridgehead atoms. The standard InChI is InChI=1S/C15H19ClN2O2S/c1-19-11-8-10(16)12-14(13(11)20-2)21-15(18-12)17-9-6-4-3-5-7-9/h8-9H,3-7H2,1-2H3,(H,17,18). The van der Waals surface area contributed by atoms with Gasteiger partial charge in [-0.3, -0.25) is 0 Å². The highest BCUT2D eigenvalue weighted by atomic mass is 35.5. The van der Waals surface area contributed by atoms with Crippen molar-refractivity contribution in [3.05, 3.63) is 11.1 Å². The maximum Gasteiger partial charge on any atom is 0.184 e. The van der Waals surface area contributed by atoms with Crippen LogP contribution >= 0.6 is 22.9 Å². The van der Waals surface area contributed by atoms with E-state index in [0.29, 0.717) is 22.6 Å². The second kappa shape index (κ2) is 6.28. The van der Waals surface area contributed by atoms with Crippen LogP contribution in [0.15, 0.2) is 6.07 Å². The zero-order valence-corrected chi connectivity index (χ0v) is 13.8. The maximum absolute atomic E-state index is 6.31. The average molecular weight is 327 g/mol. The molecule has 0 amide bonds. The van der Waals surface area contributed by atoms with Gasteiger partial charge in [-0.1, -0.05) is 42.2 Å². The molecule has 6 heteroatoms. The number of aromatic nitrogens is 1. The number of anilines is 1. The number of thiazole rings is 1. The Labute approximate surface area is 133 Å². The summed E-state index contributed by atoms with van der Waals surface area (Å²) in [6.07, 6.45) is 6.35. The number of fused-ring (bicyclic) bond motifs is 1. The fourth-order valence-corrected chi connectivity index (χ4v) is 4.20. The molecule has 1 aliphatic rings. The third kappa shape index (κ3) is 2.90. The smallest absolute Gasteiger partial charge is 0.184 e. The van der Waals surface area contributed by atoms with E-state index in [0.717, 1.165) is 15.3 Å². The lowest BCUT2D eigenvalue weighted by Crippen LogP contribution is -2.21. The van der Waals surface area contributed by atoms with Crippen LogP contribution in [-0.2, 0) is 0 Å². The number of rotatable bonds is 4. The number of benzene rings is 1. The van der Waals surface area contributed by atoms with Gasteiger partial charge in [0.1, 0.15) is 10.2 Å². The van der Waals surface area contributed by atoms with E-state index < -0.39 is 0 Å². The van der Waals surface area contributed by atoms with Gasteiger partial charge in [-0.2, -0.15) is 0 Å². The van der Waals surface area contributed by atoms with Crippen LogP contribution in [0, 0.1) is 0 Å². The molecule has 0 saturated heterocycles. The fourth-order valence-electron chi connectivity index (χ4n) is 2.82. The number of nitrogens with zero attached hydrogens (tertiary/aromatic N) is 1. The van der Waals surface area contributed by atoms with Gasteiger partial charge < -0.3 is 14.8 Å². The molecule has 0 spiro atoms. The van der Waals surface area contributed by atoms with E-state index in [9.17, 15) is 0 Å². The molecule has 1 aromatic carbocycles. The van der Waals surface area contributed by atoms with E-state index in [2.05, 4.69) is 10.3 Å². The number of halogens is 1. The van der Waals surface area contributed by atoms with Crippen LogP contribution < -0.4 is 14.8 Å². The number of hydrogen-bond acceptors (Lipinski definition) is 5. The molecule has 4 nitrogen and oxygen atoms in total. The summed E-state index contributed by atoms with van der Waals surface area (Å²) in [5.41, 5.74) is 0.776. The molecule has 1 aliphatic carbocycles. The molecule has 1 aromatic heterocycles. The van der Waals surface area contributed by atoms with E-state index in [4.69, 9.17) is 21.1 Å². The van der Waals surface area contributed by atoms with Crippen LogP contribution in [-0.4, -0.2) is 25.2 Å². The van der Waals surface area contributed by atoms with Crippen LogP contribution in [0.3, 0.4) is 0 Å². The van der Waals surface area contributed by atoms with Crippen molar-refractivity contribution in [2.24, 2.45) is 0 Å². The monoisotopic (exact) mass is 326 g/mol. The Morgan fingerprint density at radius 3 is 2.67 bits per heavy atom. The van der Waals surface area contributed by atoms with E-state index in [1.165, 1.54) is 32.1 Å². The van der Waals surface area contributed by atoms with Gasteiger partial charge in [0.25, 0.3) is 0 Å². The number of methoxy groups -OCH3 is 2. The number of ether oxygens (including phenoxy) is 2. The Balaban J connectivity index is 1.96. The molecule has 1 saturated carbocycles. The molecule has 2 aromatic rings. The van der Waals surface area contributed by atoms with E-state index >= 15 is 0 Å². The first-order chi connectivity index (χ1) is 10.2. The summed E-state index contributed by atoms with van der Waals surface area (Å²) in [5.74, 6) is 1.34. The molecule has 21 heavy (non-hydrogen) atoms. The highest BCUT2D eigenvalue weighted by Crippen LogP contribution is 2.44. The second-order valence-corrected chi connectivity index (χ2v) is 6.68. The zero-order valence-electron chi connectivity index (χ0n) is 12.2. The molecule has 0 unspecified atom stereocenters. The van der Waals surface area contributed by atoms with Crippen LogP contribution in [0.5, 0.6) is 11.5 Å². The van der Waals surface area contributed by atoms with Gasteiger partial charge in [-0.15, -0.1) is 0 Å². The second-order valence-electron chi connectivity index (χ2n) is 5.27. The predicted molar refractivity (Wildman–Crippen MR) is 88.2 cm³/mol. The highest BCUT2D eigenvalue weighted by molar-refractivity contribution is 7.22. The van der Waals surface area contributed by atoms with E-state index in [-0.39, 0.29) is 0 Å². The Kier molecular flexibility index (Phi) is 4.40. The van der Waals surface area contributed by atoms with Crippen molar-refractivity contribution in [3.63, 3.8) is 0 Å². The SMILES string of the molecule is COc1cc(Cl)c2nc(NC3CCCCC3)sc2c1OC. The van der Waals surface area contributed by atoms with Crippen molar-refractivity contribution in [2.45, 2.75) is 38.1 Å². The molecule has 0 atom stereocenters. The lowest BCUT2D eigenvalue weighted by atomic mass is 9.96. The summed E-state index contributed by atoms with van der Waals surface area (Å²) in [4.78, 5) is 4.63. The normalized spacial score (nSPS) is 16.1. The minimum Gasteiger partial charge on any atom is -0.493 e. The molecular weight excluding hydrogens is 308 g/mol. The van der Waals surface area contributed by atoms with Gasteiger partial charge >= 0.3 is 0 Å². The Hall–Kier alpha value is -1.20. The van der Waals surface area contributed by atoms with Crippen molar-refractivity contribution < 1.29 is 9.47 Å². The van der Waals surface area contributed by atoms with Gasteiger partial charge in [-0.05, 0) is 12.8 Å². The van der Waals surface area contributed by atoms with Crippen molar-refractivity contribution in [1.82, 2.24) is 4.98 Å². The zero-order chi connectivity index (χ0) is 14.8. The summed E-state index contributed by atoms with van der Waals surface area (Å²) in [7, 11) is 3.25. The number of hydrogen-bond donors (Lipinski definition) is 1. The first-order valence-corrected chi connectivity index (χ1v) is 8.40. The van der Waals surface area contributed by atoms with Crippen molar-refractivity contribution in [2.75, 3.05) is 19.5 Å². The summed E-state index contributed by atoms with van der Waals surface area (Å²) in [6.45, 7) is 0. The molecule has 1 heterocycles. The third-order valence-electron chi connectivity index (χ3n) is 3.90. The maximum atomic E-state index is 6.31. The summed E-state index contributed by atoms with van der Waals surface area (Å²) in [6, 6.07) is 2.28. The minimum absolute atomic E-state index is 0.519. The summed E-state index contributed by atoms with van der Waals surface area (Å²) >= 11 is 7.88. The molecule has 1 fully saturated rings. The first-order valence-electron chi connectivity index (χ1n) is 7.20. The summed E-state index contributed by atoms with van der Waals surface area (Å²) in [5, 5.41) is 5.04. The topological polar surface area (TPSA) is 43.4 Å². The minimum atomic E-state index is 0.519. The lowest BCUT2D eigenvalue weighted by molar-refractivity contribution is 0.359. The van der Waals surface area contributed by atoms with Gasteiger partial charge in [0.2, 0.25) is 0 Å². The first kappa shape index (κ1) is 14.7. The summed E-state index contributed by atoms with van der Waals surface area (Å²) < 4.78 is 11.7. The van der Waals surface area contributed by atoms with Crippen molar-refractivity contribution >= 4 is 38.3 Å². The van der Waals surface area contributed by atoms with Crippen LogP contribution in [0.1, 0.15) is 32.1 Å². The van der Waals surface area contributed by atoms with Gasteiger partial charge in [0.05, 0.1) is 19.2 Å². The average Bonchev–Trinajstić information content (AvgIpc) is 2.92.